The van der Waals surface area contributed by atoms with E-state index in [9.17, 15) is 0 Å². The van der Waals surface area contributed by atoms with Crippen LogP contribution in [0.4, 0.5) is 0 Å². The average Bonchev–Trinajstić information content (AvgIpc) is 2.81. The predicted octanol–water partition coefficient (Wildman–Crippen LogP) is 2.31. The van der Waals surface area contributed by atoms with Gasteiger partial charge in [-0.2, -0.15) is 0 Å². The summed E-state index contributed by atoms with van der Waals surface area (Å²) in [7, 11) is 0. The molecule has 1 aromatic rings. The zero-order chi connectivity index (χ0) is 12.8. The molecule has 4 nitrogen and oxygen atoms in total. The largest absolute Gasteiger partial charge is 0.330 e. The Bertz CT molecular complexity index is 359. The van der Waals surface area contributed by atoms with Crippen molar-refractivity contribution in [3.63, 3.8) is 0 Å². The number of unbranched alkanes of at least 4 members (excludes halogenated alkanes) is 4. The van der Waals surface area contributed by atoms with Gasteiger partial charge in [0, 0.05) is 19.4 Å². The van der Waals surface area contributed by atoms with Crippen LogP contribution >= 0.6 is 0 Å². The van der Waals surface area contributed by atoms with Gasteiger partial charge in [0.25, 0.3) is 0 Å². The third-order valence-corrected chi connectivity index (χ3v) is 3.97. The summed E-state index contributed by atoms with van der Waals surface area (Å²) in [6, 6.07) is 0. The minimum atomic E-state index is 0.610. The molecule has 0 spiro atoms. The number of fused-ring (bicyclic) bond motifs is 1. The van der Waals surface area contributed by atoms with Crippen molar-refractivity contribution in [1.82, 2.24) is 14.8 Å². The smallest absolute Gasteiger partial charge is 0.133 e. The van der Waals surface area contributed by atoms with Crippen molar-refractivity contribution in [1.29, 1.82) is 0 Å². The van der Waals surface area contributed by atoms with Crippen LogP contribution in [0.5, 0.6) is 0 Å². The molecule has 1 aliphatic heterocycles. The summed E-state index contributed by atoms with van der Waals surface area (Å²) < 4.78 is 2.33. The van der Waals surface area contributed by atoms with Gasteiger partial charge in [0.05, 0.1) is 0 Å². The number of rotatable bonds is 7. The van der Waals surface area contributed by atoms with Crippen LogP contribution in [0.3, 0.4) is 0 Å². The molecule has 0 aliphatic carbocycles. The van der Waals surface area contributed by atoms with Crippen molar-refractivity contribution in [3.05, 3.63) is 11.6 Å². The van der Waals surface area contributed by atoms with E-state index in [1.54, 1.807) is 0 Å². The molecule has 1 atom stereocenters. The molecule has 0 bridgehead atoms. The number of nitrogens with two attached hydrogens (primary N) is 1. The van der Waals surface area contributed by atoms with Crippen LogP contribution < -0.4 is 5.73 Å². The Morgan fingerprint density at radius 1 is 1.22 bits per heavy atom. The van der Waals surface area contributed by atoms with E-state index in [0.717, 1.165) is 31.8 Å². The lowest BCUT2D eigenvalue weighted by atomic mass is 9.98. The molecular weight excluding hydrogens is 224 g/mol. The fraction of sp³-hybridized carbons (Fsp3) is 0.857. The number of aryl methyl sites for hydroxylation is 1. The van der Waals surface area contributed by atoms with E-state index in [1.807, 2.05) is 0 Å². The molecule has 102 valence electrons. The van der Waals surface area contributed by atoms with Gasteiger partial charge in [-0.3, -0.25) is 0 Å². The Balaban J connectivity index is 1.82. The molecule has 1 unspecified atom stereocenters. The summed E-state index contributed by atoms with van der Waals surface area (Å²) in [6.07, 6.45) is 9.87. The lowest BCUT2D eigenvalue weighted by Gasteiger charge is -2.22. The van der Waals surface area contributed by atoms with E-state index in [4.69, 9.17) is 5.73 Å². The molecule has 0 aromatic carbocycles. The van der Waals surface area contributed by atoms with Crippen LogP contribution in [-0.2, 0) is 19.4 Å². The Morgan fingerprint density at radius 2 is 2.06 bits per heavy atom. The minimum Gasteiger partial charge on any atom is -0.330 e. The average molecular weight is 250 g/mol. The summed E-state index contributed by atoms with van der Waals surface area (Å²) >= 11 is 0. The number of aromatic nitrogens is 3. The number of hydrogen-bond acceptors (Lipinski definition) is 3. The highest BCUT2D eigenvalue weighted by Gasteiger charge is 2.21. The molecular formula is C14H26N4. The standard InChI is InChI=1S/C14H26N4/c1-2-3-4-5-6-7-13-16-17-14-10-12(11-15)8-9-18(13)14/h12H,2-11,15H2,1H3. The predicted molar refractivity (Wildman–Crippen MR) is 73.4 cm³/mol. The minimum absolute atomic E-state index is 0.610. The molecule has 2 heterocycles. The van der Waals surface area contributed by atoms with Crippen LogP contribution in [0, 0.1) is 5.92 Å². The van der Waals surface area contributed by atoms with E-state index in [1.165, 1.54) is 44.3 Å². The van der Waals surface area contributed by atoms with Gasteiger partial charge in [0.15, 0.2) is 0 Å². The first kappa shape index (κ1) is 13.5. The summed E-state index contributed by atoms with van der Waals surface area (Å²) in [5.41, 5.74) is 5.74. The molecule has 2 rings (SSSR count). The second-order valence-electron chi connectivity index (χ2n) is 5.44. The van der Waals surface area contributed by atoms with Crippen LogP contribution in [0.25, 0.3) is 0 Å². The van der Waals surface area contributed by atoms with E-state index in [-0.39, 0.29) is 0 Å². The highest BCUT2D eigenvalue weighted by molar-refractivity contribution is 5.00. The number of nitrogens with zero attached hydrogens (tertiary/aromatic N) is 3. The second kappa shape index (κ2) is 6.88. The molecule has 4 heteroatoms. The molecule has 2 N–H and O–H groups in total. The van der Waals surface area contributed by atoms with Crippen molar-refractivity contribution in [2.75, 3.05) is 6.54 Å². The van der Waals surface area contributed by atoms with Crippen molar-refractivity contribution >= 4 is 0 Å². The van der Waals surface area contributed by atoms with E-state index < -0.39 is 0 Å². The maximum atomic E-state index is 5.74. The van der Waals surface area contributed by atoms with Crippen LogP contribution in [0.1, 0.15) is 57.1 Å². The topological polar surface area (TPSA) is 56.7 Å². The summed E-state index contributed by atoms with van der Waals surface area (Å²) in [5.74, 6) is 2.95. The fourth-order valence-electron chi connectivity index (χ4n) is 2.73. The van der Waals surface area contributed by atoms with Crippen LogP contribution in [0.2, 0.25) is 0 Å². The fourth-order valence-corrected chi connectivity index (χ4v) is 2.73. The zero-order valence-electron chi connectivity index (χ0n) is 11.6. The highest BCUT2D eigenvalue weighted by Crippen LogP contribution is 2.20. The maximum Gasteiger partial charge on any atom is 0.133 e. The first-order valence-corrected chi connectivity index (χ1v) is 7.46. The van der Waals surface area contributed by atoms with Gasteiger partial charge >= 0.3 is 0 Å². The van der Waals surface area contributed by atoms with Gasteiger partial charge in [0.2, 0.25) is 0 Å². The van der Waals surface area contributed by atoms with Crippen molar-refractivity contribution in [2.24, 2.45) is 11.7 Å². The number of hydrogen-bond donors (Lipinski definition) is 1. The lowest BCUT2D eigenvalue weighted by molar-refractivity contribution is 0.383. The van der Waals surface area contributed by atoms with E-state index in [0.29, 0.717) is 5.92 Å². The van der Waals surface area contributed by atoms with Gasteiger partial charge in [0.1, 0.15) is 11.6 Å². The molecule has 1 aliphatic rings. The van der Waals surface area contributed by atoms with Crippen LogP contribution in [-0.4, -0.2) is 21.3 Å². The van der Waals surface area contributed by atoms with E-state index in [2.05, 4.69) is 21.7 Å². The molecule has 18 heavy (non-hydrogen) atoms. The Hall–Kier alpha value is -0.900. The summed E-state index contributed by atoms with van der Waals surface area (Å²) in [5, 5.41) is 8.68. The van der Waals surface area contributed by atoms with Gasteiger partial charge in [-0.15, -0.1) is 10.2 Å². The Kier molecular flexibility index (Phi) is 5.17. The maximum absolute atomic E-state index is 5.74. The molecule has 1 aromatic heterocycles. The van der Waals surface area contributed by atoms with Gasteiger partial charge in [-0.05, 0) is 25.3 Å². The SMILES string of the molecule is CCCCCCCc1nnc2n1CCC(CN)C2. The summed E-state index contributed by atoms with van der Waals surface area (Å²) in [4.78, 5) is 0. The quantitative estimate of drug-likeness (QED) is 0.756. The van der Waals surface area contributed by atoms with Gasteiger partial charge in [-0.25, -0.2) is 0 Å². The van der Waals surface area contributed by atoms with Crippen molar-refractivity contribution in [3.8, 4) is 0 Å². The lowest BCUT2D eigenvalue weighted by Crippen LogP contribution is -2.26. The van der Waals surface area contributed by atoms with Crippen LogP contribution in [0.15, 0.2) is 0 Å². The highest BCUT2D eigenvalue weighted by atomic mass is 15.3. The molecule has 0 radical (unpaired) electrons. The van der Waals surface area contributed by atoms with Gasteiger partial charge in [-0.1, -0.05) is 32.6 Å². The normalized spacial score (nSPS) is 18.9. The van der Waals surface area contributed by atoms with Gasteiger partial charge < -0.3 is 10.3 Å². The zero-order valence-corrected chi connectivity index (χ0v) is 11.6. The first-order chi connectivity index (χ1) is 8.85. The molecule has 0 amide bonds. The summed E-state index contributed by atoms with van der Waals surface area (Å²) in [6.45, 7) is 4.09. The Labute approximate surface area is 110 Å². The third-order valence-electron chi connectivity index (χ3n) is 3.97. The monoisotopic (exact) mass is 250 g/mol. The Morgan fingerprint density at radius 3 is 2.83 bits per heavy atom. The molecule has 0 saturated carbocycles. The molecule has 0 saturated heterocycles. The first-order valence-electron chi connectivity index (χ1n) is 7.46. The molecule has 0 fully saturated rings. The third kappa shape index (κ3) is 3.31. The van der Waals surface area contributed by atoms with Crippen molar-refractivity contribution in [2.45, 2.75) is 64.8 Å². The van der Waals surface area contributed by atoms with E-state index >= 15 is 0 Å². The second-order valence-corrected chi connectivity index (χ2v) is 5.44. The van der Waals surface area contributed by atoms with Crippen molar-refractivity contribution < 1.29 is 0 Å².